The minimum atomic E-state index is -0.595. The molecule has 0 atom stereocenters. The van der Waals surface area contributed by atoms with Crippen LogP contribution in [-0.2, 0) is 11.8 Å². The number of Topliss-reactive ketones (excluding diaryl/α,β-unsaturated/α-hetero) is 1. The summed E-state index contributed by atoms with van der Waals surface area (Å²) in [5.74, 6) is -0.841. The Balaban J connectivity index is 1.83. The largest absolute Gasteiger partial charge is 0.454 e. The number of esters is 1. The van der Waals surface area contributed by atoms with E-state index in [1.165, 1.54) is 0 Å². The predicted octanol–water partition coefficient (Wildman–Crippen LogP) is 4.22. The third-order valence-corrected chi connectivity index (χ3v) is 4.89. The standard InChI is InChI=1S/C23H20N2O3/c1-15-12-21(16(2)25(15)3)22(26)14-28-23(27)20-11-7-6-10-19(20)18-9-5-4-8-17(18)13-24/h4-12H,14H2,1-3H3. The second-order valence-corrected chi connectivity index (χ2v) is 6.55. The van der Waals surface area contributed by atoms with Gasteiger partial charge in [0, 0.05) is 29.6 Å². The van der Waals surface area contributed by atoms with Gasteiger partial charge in [-0.3, -0.25) is 4.79 Å². The molecule has 140 valence electrons. The van der Waals surface area contributed by atoms with Crippen LogP contribution < -0.4 is 0 Å². The topological polar surface area (TPSA) is 72.1 Å². The quantitative estimate of drug-likeness (QED) is 0.496. The Morgan fingerprint density at radius 3 is 2.29 bits per heavy atom. The molecule has 0 unspecified atom stereocenters. The predicted molar refractivity (Wildman–Crippen MR) is 106 cm³/mol. The number of aryl methyl sites for hydroxylation is 1. The van der Waals surface area contributed by atoms with E-state index < -0.39 is 5.97 Å². The Bertz CT molecular complexity index is 1100. The average molecular weight is 372 g/mol. The van der Waals surface area contributed by atoms with Gasteiger partial charge in [-0.05, 0) is 37.6 Å². The molecule has 1 heterocycles. The van der Waals surface area contributed by atoms with Crippen LogP contribution in [0.15, 0.2) is 54.6 Å². The van der Waals surface area contributed by atoms with Crippen molar-refractivity contribution >= 4 is 11.8 Å². The van der Waals surface area contributed by atoms with Crippen molar-refractivity contribution in [2.45, 2.75) is 13.8 Å². The Morgan fingerprint density at radius 2 is 1.64 bits per heavy atom. The number of nitrogens with zero attached hydrogens (tertiary/aromatic N) is 2. The molecule has 28 heavy (non-hydrogen) atoms. The van der Waals surface area contributed by atoms with Gasteiger partial charge in [0.2, 0.25) is 5.78 Å². The van der Waals surface area contributed by atoms with E-state index in [1.54, 1.807) is 48.5 Å². The van der Waals surface area contributed by atoms with Crippen molar-refractivity contribution < 1.29 is 14.3 Å². The van der Waals surface area contributed by atoms with Gasteiger partial charge in [-0.15, -0.1) is 0 Å². The van der Waals surface area contributed by atoms with E-state index in [0.717, 1.165) is 11.4 Å². The van der Waals surface area contributed by atoms with Crippen molar-refractivity contribution in [3.05, 3.63) is 82.7 Å². The molecular formula is C23H20N2O3. The van der Waals surface area contributed by atoms with Gasteiger partial charge < -0.3 is 9.30 Å². The Morgan fingerprint density at radius 1 is 1.00 bits per heavy atom. The minimum Gasteiger partial charge on any atom is -0.454 e. The monoisotopic (exact) mass is 372 g/mol. The first-order valence-corrected chi connectivity index (χ1v) is 8.85. The summed E-state index contributed by atoms with van der Waals surface area (Å²) in [6.07, 6.45) is 0. The lowest BCUT2D eigenvalue weighted by molar-refractivity contribution is 0.0475. The highest BCUT2D eigenvalue weighted by Crippen LogP contribution is 2.27. The van der Waals surface area contributed by atoms with E-state index in [2.05, 4.69) is 6.07 Å². The molecular weight excluding hydrogens is 352 g/mol. The zero-order valence-corrected chi connectivity index (χ0v) is 16.0. The zero-order valence-electron chi connectivity index (χ0n) is 16.0. The number of ketones is 1. The summed E-state index contributed by atoms with van der Waals surface area (Å²) >= 11 is 0. The normalized spacial score (nSPS) is 10.4. The van der Waals surface area contributed by atoms with E-state index in [0.29, 0.717) is 27.8 Å². The van der Waals surface area contributed by atoms with Crippen LogP contribution in [0.4, 0.5) is 0 Å². The summed E-state index contributed by atoms with van der Waals surface area (Å²) in [6.45, 7) is 3.44. The molecule has 0 radical (unpaired) electrons. The number of carbonyl (C=O) groups excluding carboxylic acids is 2. The lowest BCUT2D eigenvalue weighted by Gasteiger charge is -2.11. The number of aromatic nitrogens is 1. The van der Waals surface area contributed by atoms with Crippen molar-refractivity contribution in [2.24, 2.45) is 7.05 Å². The highest BCUT2D eigenvalue weighted by atomic mass is 16.5. The number of benzene rings is 2. The summed E-state index contributed by atoms with van der Waals surface area (Å²) in [4.78, 5) is 25.2. The first-order valence-electron chi connectivity index (χ1n) is 8.85. The van der Waals surface area contributed by atoms with E-state index in [-0.39, 0.29) is 12.4 Å². The molecule has 0 saturated heterocycles. The number of ether oxygens (including phenoxy) is 1. The molecule has 0 N–H and O–H groups in total. The lowest BCUT2D eigenvalue weighted by Crippen LogP contribution is -2.15. The molecule has 0 aliphatic heterocycles. The average Bonchev–Trinajstić information content (AvgIpc) is 2.99. The molecule has 3 aromatic rings. The van der Waals surface area contributed by atoms with Crippen molar-refractivity contribution in [3.8, 4) is 17.2 Å². The fourth-order valence-corrected chi connectivity index (χ4v) is 3.14. The van der Waals surface area contributed by atoms with E-state index in [1.807, 2.05) is 31.5 Å². The molecule has 0 aliphatic rings. The Kier molecular flexibility index (Phi) is 5.42. The number of hydrogen-bond donors (Lipinski definition) is 0. The van der Waals surface area contributed by atoms with Crippen LogP contribution >= 0.6 is 0 Å². The van der Waals surface area contributed by atoms with Crippen molar-refractivity contribution in [1.29, 1.82) is 5.26 Å². The fourth-order valence-electron chi connectivity index (χ4n) is 3.14. The maximum absolute atomic E-state index is 12.7. The molecule has 0 saturated carbocycles. The maximum Gasteiger partial charge on any atom is 0.339 e. The van der Waals surface area contributed by atoms with Gasteiger partial charge in [0.05, 0.1) is 17.2 Å². The first-order chi connectivity index (χ1) is 13.4. The van der Waals surface area contributed by atoms with Crippen LogP contribution in [0.5, 0.6) is 0 Å². The molecule has 1 aromatic heterocycles. The zero-order chi connectivity index (χ0) is 20.3. The molecule has 5 nitrogen and oxygen atoms in total. The molecule has 3 rings (SSSR count). The van der Waals surface area contributed by atoms with Gasteiger partial charge in [0.1, 0.15) is 0 Å². The van der Waals surface area contributed by atoms with Crippen LogP contribution in [-0.4, -0.2) is 22.9 Å². The third-order valence-electron chi connectivity index (χ3n) is 4.89. The SMILES string of the molecule is Cc1cc(C(=O)COC(=O)c2ccccc2-c2ccccc2C#N)c(C)n1C. The molecule has 0 fully saturated rings. The second-order valence-electron chi connectivity index (χ2n) is 6.55. The van der Waals surface area contributed by atoms with Gasteiger partial charge in [-0.2, -0.15) is 5.26 Å². The number of carbonyl (C=O) groups is 2. The van der Waals surface area contributed by atoms with Crippen molar-refractivity contribution in [2.75, 3.05) is 6.61 Å². The number of nitriles is 1. The molecule has 5 heteroatoms. The molecule has 0 amide bonds. The number of hydrogen-bond acceptors (Lipinski definition) is 4. The number of rotatable bonds is 5. The fraction of sp³-hybridized carbons (Fsp3) is 0.174. The first kappa shape index (κ1) is 19.1. The molecule has 2 aromatic carbocycles. The van der Waals surface area contributed by atoms with E-state index in [4.69, 9.17) is 4.74 Å². The highest BCUT2D eigenvalue weighted by molar-refractivity contribution is 6.02. The van der Waals surface area contributed by atoms with Crippen LogP contribution in [0.25, 0.3) is 11.1 Å². The summed E-state index contributed by atoms with van der Waals surface area (Å²) in [7, 11) is 1.89. The Hall–Kier alpha value is -3.65. The van der Waals surface area contributed by atoms with Crippen LogP contribution in [0, 0.1) is 25.2 Å². The lowest BCUT2D eigenvalue weighted by atomic mass is 9.96. The highest BCUT2D eigenvalue weighted by Gasteiger charge is 2.19. The molecule has 0 aliphatic carbocycles. The molecule has 0 bridgehead atoms. The van der Waals surface area contributed by atoms with Gasteiger partial charge in [-0.25, -0.2) is 4.79 Å². The van der Waals surface area contributed by atoms with Gasteiger partial charge in [0.25, 0.3) is 0 Å². The smallest absolute Gasteiger partial charge is 0.339 e. The Labute approximate surface area is 163 Å². The second kappa shape index (κ2) is 7.93. The minimum absolute atomic E-state index is 0.246. The van der Waals surface area contributed by atoms with Crippen LogP contribution in [0.3, 0.4) is 0 Å². The van der Waals surface area contributed by atoms with E-state index >= 15 is 0 Å². The third kappa shape index (κ3) is 3.58. The van der Waals surface area contributed by atoms with Crippen molar-refractivity contribution in [1.82, 2.24) is 4.57 Å². The summed E-state index contributed by atoms with van der Waals surface area (Å²) in [6, 6.07) is 17.9. The van der Waals surface area contributed by atoms with Gasteiger partial charge in [0.15, 0.2) is 6.61 Å². The van der Waals surface area contributed by atoms with Crippen molar-refractivity contribution in [3.63, 3.8) is 0 Å². The summed E-state index contributed by atoms with van der Waals surface area (Å²) < 4.78 is 7.22. The summed E-state index contributed by atoms with van der Waals surface area (Å²) in [5, 5.41) is 9.35. The maximum atomic E-state index is 12.7. The van der Waals surface area contributed by atoms with E-state index in [9.17, 15) is 14.9 Å². The van der Waals surface area contributed by atoms with Gasteiger partial charge in [-0.1, -0.05) is 36.4 Å². The van der Waals surface area contributed by atoms with Crippen LogP contribution in [0.2, 0.25) is 0 Å². The van der Waals surface area contributed by atoms with Gasteiger partial charge >= 0.3 is 5.97 Å². The molecule has 0 spiro atoms. The summed E-state index contributed by atoms with van der Waals surface area (Å²) in [5.41, 5.74) is 4.39. The van der Waals surface area contributed by atoms with Crippen LogP contribution in [0.1, 0.15) is 37.7 Å².